The average Bonchev–Trinajstić information content (AvgIpc) is 2.93. The van der Waals surface area contributed by atoms with E-state index in [9.17, 15) is 5.11 Å². The molecule has 0 amide bonds. The van der Waals surface area contributed by atoms with E-state index in [1.54, 1.807) is 12.4 Å². The number of halogens is 1. The van der Waals surface area contributed by atoms with Crippen LogP contribution in [-0.4, -0.2) is 15.3 Å². The molecule has 0 saturated carbocycles. The highest BCUT2D eigenvalue weighted by atomic mass is 79.9. The zero-order valence-electron chi connectivity index (χ0n) is 12.4. The van der Waals surface area contributed by atoms with Crippen LogP contribution in [0.15, 0.2) is 16.9 Å². The number of aromatic amines is 1. The number of aromatic nitrogens is 2. The van der Waals surface area contributed by atoms with Crippen LogP contribution >= 0.6 is 15.9 Å². The quantitative estimate of drug-likeness (QED) is 0.886. The van der Waals surface area contributed by atoms with Gasteiger partial charge in [-0.2, -0.15) is 5.10 Å². The van der Waals surface area contributed by atoms with Crippen molar-refractivity contribution in [3.8, 4) is 0 Å². The van der Waals surface area contributed by atoms with Gasteiger partial charge in [-0.05, 0) is 54.5 Å². The molecule has 0 spiro atoms. The third-order valence-corrected chi connectivity index (χ3v) is 5.02. The van der Waals surface area contributed by atoms with E-state index < -0.39 is 6.10 Å². The SMILES string of the molecule is CCc1c(C)c(C(O)c2cn[nH]c2)c(C)c(CC)c1Br. The van der Waals surface area contributed by atoms with E-state index in [0.717, 1.165) is 24.0 Å². The van der Waals surface area contributed by atoms with Crippen LogP contribution in [0.5, 0.6) is 0 Å². The van der Waals surface area contributed by atoms with Crippen molar-refractivity contribution in [1.82, 2.24) is 10.2 Å². The first kappa shape index (κ1) is 15.3. The fraction of sp³-hybridized carbons (Fsp3) is 0.438. The lowest BCUT2D eigenvalue weighted by molar-refractivity contribution is 0.218. The Bertz CT molecular complexity index is 574. The van der Waals surface area contributed by atoms with E-state index in [4.69, 9.17) is 0 Å². The number of nitrogens with zero attached hydrogens (tertiary/aromatic N) is 1. The van der Waals surface area contributed by atoms with Gasteiger partial charge in [0.2, 0.25) is 0 Å². The molecule has 4 heteroatoms. The zero-order chi connectivity index (χ0) is 14.9. The highest BCUT2D eigenvalue weighted by Gasteiger charge is 2.22. The van der Waals surface area contributed by atoms with Gasteiger partial charge in [-0.25, -0.2) is 0 Å². The molecule has 0 bridgehead atoms. The molecule has 0 radical (unpaired) electrons. The Morgan fingerprint density at radius 3 is 2.15 bits per heavy atom. The minimum absolute atomic E-state index is 0.627. The van der Waals surface area contributed by atoms with E-state index >= 15 is 0 Å². The number of benzene rings is 1. The van der Waals surface area contributed by atoms with Gasteiger partial charge in [-0.15, -0.1) is 0 Å². The van der Waals surface area contributed by atoms with Gasteiger partial charge in [-0.1, -0.05) is 29.8 Å². The Labute approximate surface area is 128 Å². The van der Waals surface area contributed by atoms with Gasteiger partial charge in [0.1, 0.15) is 6.10 Å². The molecule has 0 fully saturated rings. The van der Waals surface area contributed by atoms with Gasteiger partial charge in [-0.3, -0.25) is 5.10 Å². The average molecular weight is 337 g/mol. The molecule has 1 unspecified atom stereocenters. The Hall–Kier alpha value is -1.13. The first-order valence-electron chi connectivity index (χ1n) is 6.99. The smallest absolute Gasteiger partial charge is 0.108 e. The zero-order valence-corrected chi connectivity index (χ0v) is 14.0. The van der Waals surface area contributed by atoms with Gasteiger partial charge in [0, 0.05) is 16.2 Å². The topological polar surface area (TPSA) is 48.9 Å². The summed E-state index contributed by atoms with van der Waals surface area (Å²) >= 11 is 3.74. The van der Waals surface area contributed by atoms with Crippen molar-refractivity contribution >= 4 is 15.9 Å². The monoisotopic (exact) mass is 336 g/mol. The fourth-order valence-corrected chi connectivity index (χ4v) is 4.10. The summed E-state index contributed by atoms with van der Waals surface area (Å²) < 4.78 is 1.20. The Kier molecular flexibility index (Phi) is 4.66. The summed E-state index contributed by atoms with van der Waals surface area (Å²) in [6.07, 6.45) is 4.71. The standard InChI is InChI=1S/C16H21BrN2O/c1-5-12-9(3)14(10(4)13(6-2)15(12)17)16(20)11-7-18-19-8-11/h7-8,16,20H,5-6H2,1-4H3,(H,18,19). The second kappa shape index (κ2) is 6.10. The van der Waals surface area contributed by atoms with Crippen LogP contribution < -0.4 is 0 Å². The number of nitrogens with one attached hydrogen (secondary N) is 1. The fourth-order valence-electron chi connectivity index (χ4n) is 2.95. The lowest BCUT2D eigenvalue weighted by atomic mass is 9.87. The van der Waals surface area contributed by atoms with Crippen molar-refractivity contribution in [2.75, 3.05) is 0 Å². The van der Waals surface area contributed by atoms with E-state index in [-0.39, 0.29) is 0 Å². The van der Waals surface area contributed by atoms with Crippen LogP contribution in [-0.2, 0) is 12.8 Å². The van der Waals surface area contributed by atoms with Crippen LogP contribution in [0.3, 0.4) is 0 Å². The Morgan fingerprint density at radius 2 is 1.75 bits per heavy atom. The molecule has 0 aliphatic rings. The van der Waals surface area contributed by atoms with Crippen LogP contribution in [0.1, 0.15) is 53.3 Å². The van der Waals surface area contributed by atoms with E-state index in [1.165, 1.54) is 26.7 Å². The first-order valence-corrected chi connectivity index (χ1v) is 7.79. The molecule has 1 heterocycles. The number of H-pyrrole nitrogens is 1. The minimum Gasteiger partial charge on any atom is -0.384 e. The summed E-state index contributed by atoms with van der Waals surface area (Å²) in [7, 11) is 0. The third kappa shape index (κ3) is 2.42. The second-order valence-corrected chi connectivity index (χ2v) is 5.87. The Morgan fingerprint density at radius 1 is 1.20 bits per heavy atom. The Balaban J connectivity index is 2.69. The summed E-state index contributed by atoms with van der Waals surface area (Å²) in [6.45, 7) is 8.48. The molecular weight excluding hydrogens is 316 g/mol. The van der Waals surface area contributed by atoms with Gasteiger partial charge in [0.05, 0.1) is 6.20 Å². The van der Waals surface area contributed by atoms with Crippen molar-refractivity contribution in [2.45, 2.75) is 46.6 Å². The molecule has 3 nitrogen and oxygen atoms in total. The molecule has 0 aliphatic heterocycles. The summed E-state index contributed by atoms with van der Waals surface area (Å²) in [5, 5.41) is 17.4. The largest absolute Gasteiger partial charge is 0.384 e. The van der Waals surface area contributed by atoms with Crippen molar-refractivity contribution in [3.05, 3.63) is 50.2 Å². The summed E-state index contributed by atoms with van der Waals surface area (Å²) in [4.78, 5) is 0. The predicted molar refractivity (Wildman–Crippen MR) is 85.0 cm³/mol. The first-order chi connectivity index (χ1) is 9.52. The lowest BCUT2D eigenvalue weighted by Gasteiger charge is -2.23. The maximum atomic E-state index is 10.7. The van der Waals surface area contributed by atoms with Crippen molar-refractivity contribution in [1.29, 1.82) is 0 Å². The maximum absolute atomic E-state index is 10.7. The second-order valence-electron chi connectivity index (χ2n) is 5.08. The molecular formula is C16H21BrN2O. The van der Waals surface area contributed by atoms with Crippen LogP contribution in [0.2, 0.25) is 0 Å². The van der Waals surface area contributed by atoms with Crippen molar-refractivity contribution in [3.63, 3.8) is 0 Å². The molecule has 2 N–H and O–H groups in total. The minimum atomic E-state index is -0.627. The maximum Gasteiger partial charge on any atom is 0.108 e. The summed E-state index contributed by atoms with van der Waals surface area (Å²) in [5.41, 5.74) is 6.73. The molecule has 108 valence electrons. The van der Waals surface area contributed by atoms with Gasteiger partial charge >= 0.3 is 0 Å². The van der Waals surface area contributed by atoms with Gasteiger partial charge in [0.25, 0.3) is 0 Å². The highest BCUT2D eigenvalue weighted by molar-refractivity contribution is 9.10. The normalized spacial score (nSPS) is 12.7. The third-order valence-electron chi connectivity index (χ3n) is 4.06. The predicted octanol–water partition coefficient (Wildman–Crippen LogP) is 4.00. The van der Waals surface area contributed by atoms with E-state index in [1.807, 2.05) is 0 Å². The van der Waals surface area contributed by atoms with Crippen LogP contribution in [0.25, 0.3) is 0 Å². The number of hydrogen-bond donors (Lipinski definition) is 2. The lowest BCUT2D eigenvalue weighted by Crippen LogP contribution is -2.10. The number of hydrogen-bond acceptors (Lipinski definition) is 2. The molecule has 0 aliphatic carbocycles. The van der Waals surface area contributed by atoms with Crippen LogP contribution in [0.4, 0.5) is 0 Å². The van der Waals surface area contributed by atoms with E-state index in [0.29, 0.717) is 0 Å². The summed E-state index contributed by atoms with van der Waals surface area (Å²) in [5.74, 6) is 0. The molecule has 1 aromatic carbocycles. The van der Waals surface area contributed by atoms with E-state index in [2.05, 4.69) is 53.8 Å². The number of rotatable bonds is 4. The summed E-state index contributed by atoms with van der Waals surface area (Å²) in [6, 6.07) is 0. The van der Waals surface area contributed by atoms with Crippen molar-refractivity contribution < 1.29 is 5.11 Å². The molecule has 20 heavy (non-hydrogen) atoms. The molecule has 1 atom stereocenters. The molecule has 0 saturated heterocycles. The highest BCUT2D eigenvalue weighted by Crippen LogP contribution is 2.37. The van der Waals surface area contributed by atoms with Gasteiger partial charge < -0.3 is 5.11 Å². The van der Waals surface area contributed by atoms with Crippen molar-refractivity contribution in [2.24, 2.45) is 0 Å². The molecule has 2 rings (SSSR count). The molecule has 1 aromatic heterocycles. The van der Waals surface area contributed by atoms with Crippen LogP contribution in [0, 0.1) is 13.8 Å². The van der Waals surface area contributed by atoms with Gasteiger partial charge in [0.15, 0.2) is 0 Å². The molecule has 2 aromatic rings. The number of aliphatic hydroxyl groups is 1. The number of aliphatic hydroxyl groups excluding tert-OH is 1.